The Hall–Kier alpha value is -5.26. The average molecular weight is 548 g/mol. The van der Waals surface area contributed by atoms with Crippen molar-refractivity contribution in [3.63, 3.8) is 0 Å². The highest BCUT2D eigenvalue weighted by Gasteiger charge is 2.21. The number of amides is 1. The lowest BCUT2D eigenvalue weighted by Gasteiger charge is -2.12. The van der Waals surface area contributed by atoms with Crippen molar-refractivity contribution in [3.8, 4) is 34.4 Å². The van der Waals surface area contributed by atoms with Crippen LogP contribution in [0.5, 0.6) is 28.7 Å². The van der Waals surface area contributed by atoms with Crippen LogP contribution in [-0.4, -0.2) is 46.5 Å². The van der Waals surface area contributed by atoms with Gasteiger partial charge in [0.05, 0.1) is 38.7 Å². The number of rotatable bonds is 9. The smallest absolute Gasteiger partial charge is 0.281 e. The van der Waals surface area contributed by atoms with E-state index < -0.39 is 17.5 Å². The molecule has 0 aliphatic heterocycles. The topological polar surface area (TPSA) is 110 Å². The lowest BCUT2D eigenvalue weighted by atomic mass is 10.2. The average Bonchev–Trinajstić information content (AvgIpc) is 3.37. The van der Waals surface area contributed by atoms with Crippen molar-refractivity contribution in [2.24, 2.45) is 0 Å². The van der Waals surface area contributed by atoms with Crippen LogP contribution < -0.4 is 24.3 Å². The van der Waals surface area contributed by atoms with Gasteiger partial charge in [-0.1, -0.05) is 0 Å². The summed E-state index contributed by atoms with van der Waals surface area (Å²) < 4.78 is 51.0. The van der Waals surface area contributed by atoms with Crippen LogP contribution in [0.15, 0.2) is 67.1 Å². The second kappa shape index (κ2) is 11.2. The van der Waals surface area contributed by atoms with E-state index in [4.69, 9.17) is 18.9 Å². The minimum Gasteiger partial charge on any atom is -0.493 e. The summed E-state index contributed by atoms with van der Waals surface area (Å²) in [5.74, 6) is 0.138. The van der Waals surface area contributed by atoms with Gasteiger partial charge in [0, 0.05) is 23.7 Å². The minimum absolute atomic E-state index is 0.0410. The molecular formula is C28H23F2N5O5. The van der Waals surface area contributed by atoms with E-state index in [1.165, 1.54) is 18.5 Å². The van der Waals surface area contributed by atoms with Crippen molar-refractivity contribution >= 4 is 22.6 Å². The van der Waals surface area contributed by atoms with Crippen LogP contribution in [0.25, 0.3) is 16.6 Å². The molecule has 40 heavy (non-hydrogen) atoms. The fourth-order valence-corrected chi connectivity index (χ4v) is 3.92. The summed E-state index contributed by atoms with van der Waals surface area (Å²) in [7, 11) is 3.09. The second-order valence-electron chi connectivity index (χ2n) is 8.28. The third-order valence-corrected chi connectivity index (χ3v) is 5.76. The maximum Gasteiger partial charge on any atom is 0.281 e. The molecular weight excluding hydrogens is 524 g/mol. The summed E-state index contributed by atoms with van der Waals surface area (Å²) in [6.45, 7) is 1.97. The molecule has 0 radical (unpaired) electrons. The molecule has 0 saturated carbocycles. The van der Waals surface area contributed by atoms with Crippen molar-refractivity contribution in [3.05, 3.63) is 84.4 Å². The number of pyridine rings is 2. The van der Waals surface area contributed by atoms with Crippen molar-refractivity contribution in [1.29, 1.82) is 0 Å². The SMILES string of the molecule is CCOc1cn(-c2ccc(F)cc2F)nc1C(=O)Nc1ccc(Oc2ccnc3cc(OC)c(OC)cc23)cn1. The Bertz CT molecular complexity index is 1690. The van der Waals surface area contributed by atoms with Gasteiger partial charge in [0.15, 0.2) is 28.8 Å². The van der Waals surface area contributed by atoms with Gasteiger partial charge in [-0.05, 0) is 43.3 Å². The van der Waals surface area contributed by atoms with E-state index in [-0.39, 0.29) is 29.6 Å². The van der Waals surface area contributed by atoms with E-state index in [0.29, 0.717) is 33.9 Å². The molecule has 0 aliphatic rings. The van der Waals surface area contributed by atoms with Gasteiger partial charge in [0.25, 0.3) is 5.91 Å². The van der Waals surface area contributed by atoms with Crippen molar-refractivity contribution in [2.75, 3.05) is 26.1 Å². The van der Waals surface area contributed by atoms with E-state index in [0.717, 1.165) is 16.8 Å². The Labute approximate surface area is 227 Å². The first kappa shape index (κ1) is 26.4. The number of hydrogen-bond donors (Lipinski definition) is 1. The molecule has 0 aliphatic carbocycles. The molecule has 5 rings (SSSR count). The quantitative estimate of drug-likeness (QED) is 0.256. The van der Waals surface area contributed by atoms with Crippen molar-refractivity contribution in [2.45, 2.75) is 6.92 Å². The molecule has 0 fully saturated rings. The second-order valence-corrected chi connectivity index (χ2v) is 8.28. The molecule has 204 valence electrons. The number of benzene rings is 2. The Morgan fingerprint density at radius 1 is 0.950 bits per heavy atom. The summed E-state index contributed by atoms with van der Waals surface area (Å²) in [6, 6.07) is 11.4. The molecule has 3 heterocycles. The highest BCUT2D eigenvalue weighted by Crippen LogP contribution is 2.36. The monoisotopic (exact) mass is 547 g/mol. The largest absolute Gasteiger partial charge is 0.493 e. The zero-order valence-corrected chi connectivity index (χ0v) is 21.6. The van der Waals surface area contributed by atoms with Crippen LogP contribution in [0.3, 0.4) is 0 Å². The predicted octanol–water partition coefficient (Wildman–Crippen LogP) is 5.55. The normalized spacial score (nSPS) is 10.8. The predicted molar refractivity (Wildman–Crippen MR) is 142 cm³/mol. The molecule has 2 aromatic carbocycles. The van der Waals surface area contributed by atoms with Gasteiger partial charge in [-0.2, -0.15) is 5.10 Å². The van der Waals surface area contributed by atoms with E-state index in [9.17, 15) is 13.6 Å². The van der Waals surface area contributed by atoms with Gasteiger partial charge in [0.1, 0.15) is 28.8 Å². The standard InChI is InChI=1S/C28H23F2N5O5/c1-4-39-25-15-35(21-7-5-16(29)11-19(21)30)34-27(25)28(36)33-26-8-6-17(14-32-26)40-22-9-10-31-20-13-24(38-3)23(37-2)12-18(20)22/h5-15H,4H2,1-3H3,(H,32,33,36). The van der Waals surface area contributed by atoms with Crippen molar-refractivity contribution in [1.82, 2.24) is 19.7 Å². The molecule has 1 N–H and O–H groups in total. The third-order valence-electron chi connectivity index (χ3n) is 5.76. The summed E-state index contributed by atoms with van der Waals surface area (Å²) in [4.78, 5) is 21.6. The molecule has 10 nitrogen and oxygen atoms in total. The first-order valence-corrected chi connectivity index (χ1v) is 12.0. The molecule has 5 aromatic rings. The van der Waals surface area contributed by atoms with E-state index in [2.05, 4.69) is 20.4 Å². The Balaban J connectivity index is 1.35. The molecule has 12 heteroatoms. The number of aromatic nitrogens is 4. The molecule has 0 atom stereocenters. The Kier molecular flexibility index (Phi) is 7.40. The number of methoxy groups -OCH3 is 2. The van der Waals surface area contributed by atoms with Gasteiger partial charge < -0.3 is 24.3 Å². The zero-order valence-electron chi connectivity index (χ0n) is 21.6. The number of nitrogens with zero attached hydrogens (tertiary/aromatic N) is 4. The molecule has 3 aromatic heterocycles. The number of carbonyl (C=O) groups is 1. The number of fused-ring (bicyclic) bond motifs is 1. The van der Waals surface area contributed by atoms with Gasteiger partial charge >= 0.3 is 0 Å². The van der Waals surface area contributed by atoms with Gasteiger partial charge in [-0.3, -0.25) is 9.78 Å². The summed E-state index contributed by atoms with van der Waals surface area (Å²) in [6.07, 6.45) is 4.40. The first-order chi connectivity index (χ1) is 19.4. The van der Waals surface area contributed by atoms with Crippen molar-refractivity contribution < 1.29 is 32.5 Å². The highest BCUT2D eigenvalue weighted by molar-refractivity contribution is 6.04. The Morgan fingerprint density at radius 3 is 2.45 bits per heavy atom. The number of carbonyl (C=O) groups excluding carboxylic acids is 1. The van der Waals surface area contributed by atoms with Crippen LogP contribution in [-0.2, 0) is 0 Å². The molecule has 0 bridgehead atoms. The number of hydrogen-bond acceptors (Lipinski definition) is 8. The third kappa shape index (κ3) is 5.32. The fourth-order valence-electron chi connectivity index (χ4n) is 3.92. The molecule has 0 saturated heterocycles. The van der Waals surface area contributed by atoms with Gasteiger partial charge in [0.2, 0.25) is 0 Å². The minimum atomic E-state index is -0.839. The van der Waals surface area contributed by atoms with Crippen LogP contribution in [0, 0.1) is 11.6 Å². The summed E-state index contributed by atoms with van der Waals surface area (Å²) in [5, 5.41) is 7.50. The maximum atomic E-state index is 14.3. The lowest BCUT2D eigenvalue weighted by Crippen LogP contribution is -2.15. The number of halogens is 2. The maximum absolute atomic E-state index is 14.3. The summed E-state index contributed by atoms with van der Waals surface area (Å²) in [5.41, 5.74) is 0.512. The Morgan fingerprint density at radius 2 is 1.75 bits per heavy atom. The van der Waals surface area contributed by atoms with Crippen LogP contribution in [0.1, 0.15) is 17.4 Å². The number of anilines is 1. The van der Waals surface area contributed by atoms with Crippen LogP contribution in [0.4, 0.5) is 14.6 Å². The number of nitrogens with one attached hydrogen (secondary N) is 1. The van der Waals surface area contributed by atoms with Crippen LogP contribution >= 0.6 is 0 Å². The lowest BCUT2D eigenvalue weighted by molar-refractivity contribution is 0.101. The molecule has 0 spiro atoms. The van der Waals surface area contributed by atoms with Gasteiger partial charge in [-0.25, -0.2) is 18.4 Å². The van der Waals surface area contributed by atoms with E-state index in [1.807, 2.05) is 0 Å². The number of ether oxygens (including phenoxy) is 4. The van der Waals surface area contributed by atoms with Gasteiger partial charge in [-0.15, -0.1) is 0 Å². The molecule has 0 unspecified atom stereocenters. The first-order valence-electron chi connectivity index (χ1n) is 12.0. The highest BCUT2D eigenvalue weighted by atomic mass is 19.1. The van der Waals surface area contributed by atoms with E-state index in [1.54, 1.807) is 57.7 Å². The zero-order chi connectivity index (χ0) is 28.2. The van der Waals surface area contributed by atoms with E-state index >= 15 is 0 Å². The molecule has 1 amide bonds. The van der Waals surface area contributed by atoms with Crippen LogP contribution in [0.2, 0.25) is 0 Å². The summed E-state index contributed by atoms with van der Waals surface area (Å²) >= 11 is 0. The fraction of sp³-hybridized carbons (Fsp3) is 0.143.